The molecule has 1 aliphatic carbocycles. The Hall–Kier alpha value is -0.431. The number of aliphatic carboxylic acids is 2. The molecule has 3 aromatic carbocycles. The van der Waals surface area contributed by atoms with Crippen molar-refractivity contribution in [1.29, 1.82) is 0 Å². The predicted octanol–water partition coefficient (Wildman–Crippen LogP) is 5.93. The number of fused-ring (bicyclic) bond motifs is 8. The Morgan fingerprint density at radius 3 is 1.69 bits per heavy atom. The molecule has 0 saturated carbocycles. The minimum atomic E-state index is -0.974. The number of aryl methyl sites for hydroxylation is 3. The average molecular weight is 1210 g/mol. The van der Waals surface area contributed by atoms with Gasteiger partial charge in [-0.2, -0.15) is 84.3 Å². The summed E-state index contributed by atoms with van der Waals surface area (Å²) in [5.41, 5.74) is 4.27. The summed E-state index contributed by atoms with van der Waals surface area (Å²) in [4.78, 5) is 75.6. The molecular weight excluding hydrogens is 1170 g/mol. The third-order valence-electron chi connectivity index (χ3n) is 9.40. The summed E-state index contributed by atoms with van der Waals surface area (Å²) >= 11 is 0. The molecule has 311 valence electrons. The third-order valence-corrected chi connectivity index (χ3v) is 9.40. The fourth-order valence-electron chi connectivity index (χ4n) is 6.65. The quantitative estimate of drug-likeness (QED) is 0.0957. The van der Waals surface area contributed by atoms with Gasteiger partial charge in [-0.25, -0.2) is 0 Å². The molecule has 6 aliphatic rings. The summed E-state index contributed by atoms with van der Waals surface area (Å²) in [5, 5.41) is 16.3. The van der Waals surface area contributed by atoms with Gasteiger partial charge in [-0.05, 0) is 31.2 Å². The SMILES string of the molecule is CC(=O)O.CC12CC[C-](O1)C1C(=O)OC(=O)C12.CC1=CC[C-]2OC(=O)C1C2C(=O)O.Cc1cc[c-]c2c1C(=O)OC2=O.Cc1cc[c-]cc1.Cc1cc[c-]cc1.[Y].[Y].[Y].[Y].[Y]. The standard InChI is InChI=1S/2C9H9O4.C9H5O3.2C7H7.C2H4O2.5Y/c1-9-3-2-4(13-9)5-6(9)8(11)12-7(5)10;1-4-2-3-5-7(8(10)11)6(4)9(12)13-5;1-5-3-2-4-6-7(5)9(11)12-8(6)10;2*1-7-5-3-2-4-6-7;1-2(3)4;;;;;/h5-6H,2-3H2,1H3;2,6-7H,3H2,1H3,(H,10,11);2-3H,1H3;2*3-6H,1H3;1H3,(H,3,4);;;;;/q5*-1;;;;;;. The summed E-state index contributed by atoms with van der Waals surface area (Å²) in [5.74, 6) is -6.33. The molecule has 61 heavy (non-hydrogen) atoms. The van der Waals surface area contributed by atoms with Crippen LogP contribution >= 0.6 is 0 Å². The van der Waals surface area contributed by atoms with Crippen molar-refractivity contribution in [3.8, 4) is 0 Å². The van der Waals surface area contributed by atoms with Crippen molar-refractivity contribution in [2.45, 2.75) is 66.4 Å². The fraction of sp³-hybridized carbons (Fsp3) is 0.326. The number of carbonyl (C=O) groups excluding carboxylic acids is 5. The monoisotopic (exact) mass is 1210 g/mol. The second-order valence-corrected chi connectivity index (χ2v) is 13.7. The van der Waals surface area contributed by atoms with Crippen LogP contribution in [0.25, 0.3) is 0 Å². The Labute approximate surface area is 481 Å². The number of hydrogen-bond donors (Lipinski definition) is 2. The first-order chi connectivity index (χ1) is 26.4. The maximum absolute atomic E-state index is 11.3. The van der Waals surface area contributed by atoms with Gasteiger partial charge in [0.15, 0.2) is 0 Å². The molecule has 2 N–H and O–H groups in total. The summed E-state index contributed by atoms with van der Waals surface area (Å²) in [7, 11) is 0. The average Bonchev–Trinajstić information content (AvgIpc) is 3.90. The van der Waals surface area contributed by atoms with E-state index in [1.54, 1.807) is 26.0 Å². The van der Waals surface area contributed by atoms with E-state index < -0.39 is 65.1 Å². The molecule has 4 bridgehead atoms. The van der Waals surface area contributed by atoms with E-state index in [0.29, 0.717) is 18.1 Å². The molecule has 5 atom stereocenters. The number of ether oxygens (including phenoxy) is 4. The zero-order valence-electron chi connectivity index (χ0n) is 34.6. The van der Waals surface area contributed by atoms with Crippen molar-refractivity contribution in [3.63, 3.8) is 0 Å². The summed E-state index contributed by atoms with van der Waals surface area (Å²) in [6, 6.07) is 27.6. The molecule has 3 aromatic rings. The molecule has 18 heteroatoms. The van der Waals surface area contributed by atoms with Crippen LogP contribution in [0.3, 0.4) is 0 Å². The Bertz CT molecular complexity index is 1970. The Morgan fingerprint density at radius 1 is 0.738 bits per heavy atom. The molecule has 9 rings (SSSR count). The van der Waals surface area contributed by atoms with Crippen molar-refractivity contribution in [1.82, 2.24) is 0 Å². The van der Waals surface area contributed by atoms with Crippen LogP contribution in [0.2, 0.25) is 0 Å². The van der Waals surface area contributed by atoms with Crippen molar-refractivity contribution in [2.75, 3.05) is 0 Å². The van der Waals surface area contributed by atoms with E-state index in [9.17, 15) is 28.8 Å². The van der Waals surface area contributed by atoms with Crippen molar-refractivity contribution >= 4 is 41.8 Å². The number of benzene rings is 3. The smallest absolute Gasteiger partial charge is 0.317 e. The van der Waals surface area contributed by atoms with Gasteiger partial charge in [-0.15, -0.1) is 42.4 Å². The van der Waals surface area contributed by atoms with Crippen molar-refractivity contribution in [2.24, 2.45) is 23.7 Å². The molecular formula is C43H41O13Y5-5. The van der Waals surface area contributed by atoms with E-state index in [0.717, 1.165) is 37.0 Å². The van der Waals surface area contributed by atoms with Crippen LogP contribution in [-0.2, 0) is 206 Å². The number of carboxylic acids is 2. The van der Waals surface area contributed by atoms with E-state index in [2.05, 4.69) is 41.5 Å². The number of cyclic esters (lactones) is 4. The minimum absolute atomic E-state index is 0. The zero-order valence-corrected chi connectivity index (χ0v) is 48.7. The van der Waals surface area contributed by atoms with E-state index in [-0.39, 0.29) is 175 Å². The van der Waals surface area contributed by atoms with Crippen LogP contribution in [0, 0.1) is 74.8 Å². The number of carbonyl (C=O) groups is 7. The van der Waals surface area contributed by atoms with Gasteiger partial charge in [0.1, 0.15) is 0 Å². The van der Waals surface area contributed by atoms with Gasteiger partial charge in [-0.1, -0.05) is 38.3 Å². The summed E-state index contributed by atoms with van der Waals surface area (Å²) < 4.78 is 19.4. The Balaban J connectivity index is 0. The maximum atomic E-state index is 11.3. The van der Waals surface area contributed by atoms with Gasteiger partial charge < -0.3 is 34.0 Å². The van der Waals surface area contributed by atoms with Crippen LogP contribution in [0.1, 0.15) is 77.4 Å². The molecule has 4 fully saturated rings. The number of rotatable bonds is 1. The normalized spacial score (nSPS) is 22.5. The van der Waals surface area contributed by atoms with Crippen molar-refractivity contribution in [3.05, 3.63) is 131 Å². The van der Waals surface area contributed by atoms with E-state index >= 15 is 0 Å². The number of carboxylic acid groups (broad SMARTS) is 2. The molecule has 0 aromatic heterocycles. The van der Waals surface area contributed by atoms with E-state index in [1.807, 2.05) is 61.5 Å². The predicted molar refractivity (Wildman–Crippen MR) is 195 cm³/mol. The minimum Gasteiger partial charge on any atom is -0.632 e. The van der Waals surface area contributed by atoms with Crippen LogP contribution in [0.5, 0.6) is 0 Å². The third kappa shape index (κ3) is 17.1. The van der Waals surface area contributed by atoms with Gasteiger partial charge in [0.05, 0.1) is 11.8 Å². The summed E-state index contributed by atoms with van der Waals surface area (Å²) in [6.07, 6.45) is 5.05. The van der Waals surface area contributed by atoms with Crippen LogP contribution in [0.4, 0.5) is 0 Å². The summed E-state index contributed by atoms with van der Waals surface area (Å²) in [6.45, 7) is 10.6. The first kappa shape index (κ1) is 62.7. The van der Waals surface area contributed by atoms with E-state index in [4.69, 9.17) is 24.5 Å². The molecule has 5 unspecified atom stereocenters. The number of hydrogen-bond acceptors (Lipinski definition) is 11. The van der Waals surface area contributed by atoms with E-state index in [1.165, 1.54) is 11.1 Å². The molecule has 0 amide bonds. The molecule has 5 radical (unpaired) electrons. The first-order valence-electron chi connectivity index (χ1n) is 17.5. The van der Waals surface area contributed by atoms with Gasteiger partial charge in [0.2, 0.25) is 0 Å². The topological polar surface area (TPSA) is 197 Å². The second kappa shape index (κ2) is 29.3. The van der Waals surface area contributed by atoms with Crippen LogP contribution in [0.15, 0.2) is 72.3 Å². The molecule has 0 spiro atoms. The molecule has 5 heterocycles. The molecule has 4 saturated heterocycles. The molecule has 5 aliphatic heterocycles. The largest absolute Gasteiger partial charge is 0.632 e. The first-order valence-corrected chi connectivity index (χ1v) is 17.5. The maximum Gasteiger partial charge on any atom is 0.317 e. The van der Waals surface area contributed by atoms with Crippen LogP contribution in [-0.4, -0.2) is 57.6 Å². The number of esters is 5. The van der Waals surface area contributed by atoms with Crippen molar-refractivity contribution < 1.29 is 226 Å². The molecule has 13 nitrogen and oxygen atoms in total. The van der Waals surface area contributed by atoms with Gasteiger partial charge in [-0.3, -0.25) is 28.8 Å². The van der Waals surface area contributed by atoms with Gasteiger partial charge in [0, 0.05) is 176 Å². The van der Waals surface area contributed by atoms with Gasteiger partial charge >= 0.3 is 5.97 Å². The Morgan fingerprint density at radius 2 is 1.26 bits per heavy atom. The zero-order chi connectivity index (χ0) is 41.3. The van der Waals surface area contributed by atoms with Crippen LogP contribution < -0.4 is 0 Å². The fourth-order valence-corrected chi connectivity index (χ4v) is 6.65. The van der Waals surface area contributed by atoms with Gasteiger partial charge in [0.25, 0.3) is 35.8 Å². The second-order valence-electron chi connectivity index (χ2n) is 13.7. The Kier molecular flexibility index (Phi) is 30.1.